The van der Waals surface area contributed by atoms with Gasteiger partial charge in [-0.15, -0.1) is 0 Å². The third-order valence-corrected chi connectivity index (χ3v) is 7.53. The number of aliphatic imine (C=N–C) groups is 1. The van der Waals surface area contributed by atoms with Crippen LogP contribution in [-0.2, 0) is 24.1 Å². The van der Waals surface area contributed by atoms with Gasteiger partial charge in [-0.3, -0.25) is 14.6 Å². The molecule has 1 fully saturated rings. The molecule has 0 saturated heterocycles. The van der Waals surface area contributed by atoms with Crippen LogP contribution in [0.4, 0.5) is 0 Å². The second-order valence-corrected chi connectivity index (χ2v) is 11.2. The molecule has 1 aromatic heterocycles. The Bertz CT molecular complexity index is 1380. The van der Waals surface area contributed by atoms with Crippen LogP contribution in [0.1, 0.15) is 78.4 Å². The number of carbonyl (C=O) groups is 2. The molecule has 0 bridgehead atoms. The zero-order valence-corrected chi connectivity index (χ0v) is 22.1. The number of nitrogens with zero attached hydrogens (tertiary/aromatic N) is 2. The smallest absolute Gasteiger partial charge is 0.168 e. The van der Waals surface area contributed by atoms with Crippen molar-refractivity contribution in [2.24, 2.45) is 10.4 Å². The number of hydrogen-bond acceptors (Lipinski definition) is 6. The number of Topliss-reactive ketones (excluding diaryl/α,β-unsaturated/α-hetero) is 2. The van der Waals surface area contributed by atoms with Crippen molar-refractivity contribution in [2.75, 3.05) is 6.54 Å². The molecule has 0 amide bonds. The van der Waals surface area contributed by atoms with Gasteiger partial charge in [0.2, 0.25) is 0 Å². The van der Waals surface area contributed by atoms with Crippen LogP contribution in [0.25, 0.3) is 0 Å². The Morgan fingerprint density at radius 2 is 1.68 bits per heavy atom. The molecule has 1 N–H and O–H groups in total. The lowest BCUT2D eigenvalue weighted by molar-refractivity contribution is -0.116. The van der Waals surface area contributed by atoms with Crippen LogP contribution in [0.15, 0.2) is 81.5 Å². The minimum atomic E-state index is -0.153. The molecule has 38 heavy (non-hydrogen) atoms. The van der Waals surface area contributed by atoms with E-state index in [-0.39, 0.29) is 35.1 Å². The Hall–Kier alpha value is -3.80. The fraction of sp³-hybridized carbons (Fsp3) is 0.375. The van der Waals surface area contributed by atoms with Gasteiger partial charge in [-0.25, -0.2) is 0 Å². The molecule has 196 valence electrons. The minimum Gasteiger partial charge on any atom is -0.511 e. The quantitative estimate of drug-likeness (QED) is 0.293. The summed E-state index contributed by atoms with van der Waals surface area (Å²) in [5.74, 6) is 0.596. The van der Waals surface area contributed by atoms with Gasteiger partial charge in [-0.2, -0.15) is 0 Å². The first kappa shape index (κ1) is 25.8. The van der Waals surface area contributed by atoms with E-state index in [4.69, 9.17) is 9.52 Å². The van der Waals surface area contributed by atoms with Crippen molar-refractivity contribution < 1.29 is 19.2 Å². The fourth-order valence-corrected chi connectivity index (χ4v) is 5.64. The Morgan fingerprint density at radius 1 is 0.974 bits per heavy atom. The van der Waals surface area contributed by atoms with Crippen molar-refractivity contribution in [1.82, 2.24) is 5.16 Å². The van der Waals surface area contributed by atoms with E-state index in [1.54, 1.807) is 0 Å². The van der Waals surface area contributed by atoms with E-state index >= 15 is 0 Å². The number of carbonyl (C=O) groups excluding carboxylic acids is 2. The summed E-state index contributed by atoms with van der Waals surface area (Å²) in [6.07, 6.45) is 3.30. The summed E-state index contributed by atoms with van der Waals surface area (Å²) in [7, 11) is 0. The van der Waals surface area contributed by atoms with Gasteiger partial charge in [0.15, 0.2) is 11.6 Å². The van der Waals surface area contributed by atoms with Gasteiger partial charge in [-0.1, -0.05) is 79.7 Å². The molecule has 3 aromatic rings. The number of aryl methyl sites for hydroxylation is 1. The van der Waals surface area contributed by atoms with Crippen LogP contribution in [-0.4, -0.2) is 34.1 Å². The lowest BCUT2D eigenvalue weighted by Gasteiger charge is -2.27. The minimum absolute atomic E-state index is 0.0142. The number of benzene rings is 2. The molecule has 2 aliphatic carbocycles. The van der Waals surface area contributed by atoms with Gasteiger partial charge in [0.05, 0.1) is 16.8 Å². The van der Waals surface area contributed by atoms with Gasteiger partial charge in [0.25, 0.3) is 0 Å². The standard InChI is InChI=1S/C32H34N2O4/c1-32(2)19-28(37)31-24(34-38-29(31)20-32)13-14-26(35)30-25(33-16-15-21-9-5-3-6-10-21)17-23(18-27(30)36)22-11-7-4-8-12-22/h3-12,23,35H,13-20H2,1-2H3/b30-26-,33-25?. The number of ketones is 2. The highest BCUT2D eigenvalue weighted by Crippen LogP contribution is 2.37. The van der Waals surface area contributed by atoms with Gasteiger partial charge in [0, 0.05) is 44.4 Å². The second kappa shape index (κ2) is 10.9. The molecule has 5 rings (SSSR count). The number of allylic oxidation sites excluding steroid dienone is 2. The zero-order chi connectivity index (χ0) is 26.7. The number of aliphatic hydroxyl groups excluding tert-OH is 1. The maximum atomic E-state index is 13.4. The summed E-state index contributed by atoms with van der Waals surface area (Å²) in [4.78, 5) is 31.0. The van der Waals surface area contributed by atoms with E-state index in [2.05, 4.69) is 17.3 Å². The van der Waals surface area contributed by atoms with E-state index in [1.807, 2.05) is 62.4 Å². The van der Waals surface area contributed by atoms with Crippen LogP contribution < -0.4 is 0 Å². The maximum Gasteiger partial charge on any atom is 0.168 e. The van der Waals surface area contributed by atoms with Crippen molar-refractivity contribution in [2.45, 2.75) is 64.7 Å². The van der Waals surface area contributed by atoms with Crippen molar-refractivity contribution >= 4 is 17.3 Å². The molecule has 1 unspecified atom stereocenters. The highest BCUT2D eigenvalue weighted by atomic mass is 16.5. The predicted octanol–water partition coefficient (Wildman–Crippen LogP) is 6.40. The predicted molar refractivity (Wildman–Crippen MR) is 147 cm³/mol. The Balaban J connectivity index is 1.38. The average Bonchev–Trinajstić information content (AvgIpc) is 3.30. The molecule has 2 aromatic carbocycles. The van der Waals surface area contributed by atoms with E-state index in [1.165, 1.54) is 5.56 Å². The van der Waals surface area contributed by atoms with Gasteiger partial charge < -0.3 is 9.63 Å². The molecule has 1 saturated carbocycles. The summed E-state index contributed by atoms with van der Waals surface area (Å²) in [5.41, 5.74) is 4.22. The number of aliphatic hydroxyl groups is 1. The number of fused-ring (bicyclic) bond motifs is 1. The highest BCUT2D eigenvalue weighted by molar-refractivity contribution is 6.24. The van der Waals surface area contributed by atoms with Crippen molar-refractivity contribution in [3.63, 3.8) is 0 Å². The highest BCUT2D eigenvalue weighted by Gasteiger charge is 2.37. The second-order valence-electron chi connectivity index (χ2n) is 11.2. The monoisotopic (exact) mass is 510 g/mol. The summed E-state index contributed by atoms with van der Waals surface area (Å²) >= 11 is 0. The first-order valence-corrected chi connectivity index (χ1v) is 13.4. The van der Waals surface area contributed by atoms with Crippen LogP contribution in [0.5, 0.6) is 0 Å². The Morgan fingerprint density at radius 3 is 2.42 bits per heavy atom. The maximum absolute atomic E-state index is 13.4. The van der Waals surface area contributed by atoms with Crippen LogP contribution in [0.2, 0.25) is 0 Å². The summed E-state index contributed by atoms with van der Waals surface area (Å²) < 4.78 is 5.51. The molecule has 6 nitrogen and oxygen atoms in total. The van der Waals surface area contributed by atoms with Gasteiger partial charge >= 0.3 is 0 Å². The SMILES string of the molecule is CC1(C)CC(=O)c2c(CC/C(O)=C3/C(=O)CC(c4ccccc4)CC3=NCCc3ccccc3)noc2C1. The zero-order valence-electron chi connectivity index (χ0n) is 22.1. The normalized spacial score (nSPS) is 21.4. The Labute approximate surface area is 223 Å². The van der Waals surface area contributed by atoms with E-state index < -0.39 is 0 Å². The summed E-state index contributed by atoms with van der Waals surface area (Å²) in [6.45, 7) is 4.62. The first-order valence-electron chi connectivity index (χ1n) is 13.4. The molecule has 0 aliphatic heterocycles. The van der Waals surface area contributed by atoms with Crippen LogP contribution in [0.3, 0.4) is 0 Å². The van der Waals surface area contributed by atoms with E-state index in [0.717, 1.165) is 12.0 Å². The summed E-state index contributed by atoms with van der Waals surface area (Å²) in [6, 6.07) is 20.1. The largest absolute Gasteiger partial charge is 0.511 e. The first-order chi connectivity index (χ1) is 18.3. The van der Waals surface area contributed by atoms with Crippen LogP contribution >= 0.6 is 0 Å². The van der Waals surface area contributed by atoms with Gasteiger partial charge in [0.1, 0.15) is 11.5 Å². The molecule has 1 heterocycles. The lowest BCUT2D eigenvalue weighted by atomic mass is 9.76. The number of hydrogen-bond donors (Lipinski definition) is 1. The fourth-order valence-electron chi connectivity index (χ4n) is 5.64. The molecular weight excluding hydrogens is 476 g/mol. The number of rotatable bonds is 7. The summed E-state index contributed by atoms with van der Waals surface area (Å²) in [5, 5.41) is 15.3. The molecule has 2 aliphatic rings. The van der Waals surface area contributed by atoms with Crippen molar-refractivity contribution in [3.8, 4) is 0 Å². The van der Waals surface area contributed by atoms with Gasteiger partial charge in [-0.05, 0) is 35.3 Å². The third kappa shape index (κ3) is 5.69. The third-order valence-electron chi connectivity index (χ3n) is 7.53. The average molecular weight is 511 g/mol. The van der Waals surface area contributed by atoms with E-state index in [9.17, 15) is 14.7 Å². The number of aromatic nitrogens is 1. The lowest BCUT2D eigenvalue weighted by Crippen LogP contribution is -2.27. The van der Waals surface area contributed by atoms with E-state index in [0.29, 0.717) is 67.0 Å². The topological polar surface area (TPSA) is 92.8 Å². The molecule has 0 spiro atoms. The molecule has 6 heteroatoms. The molecule has 0 radical (unpaired) electrons. The van der Waals surface area contributed by atoms with Crippen molar-refractivity contribution in [3.05, 3.63) is 100 Å². The molecule has 1 atom stereocenters. The van der Waals surface area contributed by atoms with Crippen LogP contribution in [0, 0.1) is 5.41 Å². The van der Waals surface area contributed by atoms with Crippen molar-refractivity contribution in [1.29, 1.82) is 0 Å². The molecular formula is C32H34N2O4. The Kier molecular flexibility index (Phi) is 7.41.